The number of nitrogens with two attached hydrogens (primary N) is 1. The van der Waals surface area contributed by atoms with Crippen molar-refractivity contribution in [2.24, 2.45) is 7.05 Å². The van der Waals surface area contributed by atoms with Crippen LogP contribution in [-0.2, 0) is 11.8 Å². The quantitative estimate of drug-likeness (QED) is 0.732. The molecule has 1 aromatic heterocycles. The van der Waals surface area contributed by atoms with Gasteiger partial charge in [0.1, 0.15) is 0 Å². The van der Waals surface area contributed by atoms with E-state index >= 15 is 0 Å². The second-order valence-electron chi connectivity index (χ2n) is 3.89. The number of nitrogens with zero attached hydrogens (tertiary/aromatic N) is 2. The molecule has 0 aliphatic carbocycles. The summed E-state index contributed by atoms with van der Waals surface area (Å²) in [6.07, 6.45) is 2.13. The number of rotatable bonds is 1. The molecule has 0 atom stereocenters. The molecule has 1 aliphatic heterocycles. The van der Waals surface area contributed by atoms with Crippen LogP contribution in [0.1, 0.15) is 30.1 Å². The molecular weight excluding hydrogens is 178 g/mol. The largest absolute Gasteiger partial charge is 0.381 e. The standard InChI is InChI=1S/C10H17N3O/c1-7-9(12-10(11)13(7)2)8-3-5-14-6-4-8/h8H,3-6H2,1-2H3,(H2,11,12). The van der Waals surface area contributed by atoms with Crippen LogP contribution in [0.15, 0.2) is 0 Å². The summed E-state index contributed by atoms with van der Waals surface area (Å²) in [5.41, 5.74) is 8.12. The van der Waals surface area contributed by atoms with Gasteiger partial charge in [-0.05, 0) is 19.8 Å². The van der Waals surface area contributed by atoms with Crippen LogP contribution in [0, 0.1) is 6.92 Å². The van der Waals surface area contributed by atoms with Gasteiger partial charge in [-0.1, -0.05) is 0 Å². The molecule has 0 saturated carbocycles. The van der Waals surface area contributed by atoms with Crippen molar-refractivity contribution in [1.82, 2.24) is 9.55 Å². The molecule has 1 fully saturated rings. The summed E-state index contributed by atoms with van der Waals surface area (Å²) < 4.78 is 7.28. The molecule has 0 amide bonds. The number of ether oxygens (including phenoxy) is 1. The van der Waals surface area contributed by atoms with Gasteiger partial charge in [0.25, 0.3) is 0 Å². The summed E-state index contributed by atoms with van der Waals surface area (Å²) in [6.45, 7) is 3.77. The smallest absolute Gasteiger partial charge is 0.200 e. The van der Waals surface area contributed by atoms with Crippen LogP contribution in [0.5, 0.6) is 0 Å². The second-order valence-corrected chi connectivity index (χ2v) is 3.89. The van der Waals surface area contributed by atoms with E-state index in [0.717, 1.165) is 31.7 Å². The minimum Gasteiger partial charge on any atom is -0.381 e. The fraction of sp³-hybridized carbons (Fsp3) is 0.700. The molecule has 0 bridgehead atoms. The fourth-order valence-electron chi connectivity index (χ4n) is 1.98. The highest BCUT2D eigenvalue weighted by molar-refractivity contribution is 5.30. The van der Waals surface area contributed by atoms with E-state index in [4.69, 9.17) is 10.5 Å². The maximum atomic E-state index is 5.77. The number of hydrogen-bond donors (Lipinski definition) is 1. The minimum absolute atomic E-state index is 0.534. The molecule has 0 radical (unpaired) electrons. The zero-order valence-corrected chi connectivity index (χ0v) is 8.79. The van der Waals surface area contributed by atoms with E-state index in [-0.39, 0.29) is 0 Å². The Bertz CT molecular complexity index is 326. The van der Waals surface area contributed by atoms with Gasteiger partial charge in [0.05, 0.1) is 5.69 Å². The Morgan fingerprint density at radius 1 is 1.43 bits per heavy atom. The van der Waals surface area contributed by atoms with Gasteiger partial charge in [0.15, 0.2) is 5.95 Å². The van der Waals surface area contributed by atoms with Crippen LogP contribution in [0.3, 0.4) is 0 Å². The predicted octanol–water partition coefficient (Wildman–Crippen LogP) is 1.20. The van der Waals surface area contributed by atoms with Crippen molar-refractivity contribution in [3.63, 3.8) is 0 Å². The lowest BCUT2D eigenvalue weighted by Gasteiger charge is -2.20. The predicted molar refractivity (Wildman–Crippen MR) is 55.2 cm³/mol. The van der Waals surface area contributed by atoms with Gasteiger partial charge in [-0.3, -0.25) is 0 Å². The van der Waals surface area contributed by atoms with Crippen LogP contribution >= 0.6 is 0 Å². The van der Waals surface area contributed by atoms with E-state index in [9.17, 15) is 0 Å². The van der Waals surface area contributed by atoms with Gasteiger partial charge >= 0.3 is 0 Å². The van der Waals surface area contributed by atoms with Gasteiger partial charge in [0, 0.05) is 31.9 Å². The number of anilines is 1. The van der Waals surface area contributed by atoms with Gasteiger partial charge in [-0.2, -0.15) is 0 Å². The van der Waals surface area contributed by atoms with E-state index in [2.05, 4.69) is 11.9 Å². The Labute approximate surface area is 84.1 Å². The molecule has 4 heteroatoms. The van der Waals surface area contributed by atoms with Crippen molar-refractivity contribution in [3.8, 4) is 0 Å². The van der Waals surface area contributed by atoms with Gasteiger partial charge in [0.2, 0.25) is 0 Å². The third-order valence-corrected chi connectivity index (χ3v) is 3.06. The number of hydrogen-bond acceptors (Lipinski definition) is 3. The monoisotopic (exact) mass is 195 g/mol. The van der Waals surface area contributed by atoms with Crippen LogP contribution in [0.25, 0.3) is 0 Å². The first-order valence-corrected chi connectivity index (χ1v) is 5.06. The average molecular weight is 195 g/mol. The Balaban J connectivity index is 2.26. The second kappa shape index (κ2) is 3.61. The number of imidazole rings is 1. The van der Waals surface area contributed by atoms with Crippen molar-refractivity contribution < 1.29 is 4.74 Å². The fourth-order valence-corrected chi connectivity index (χ4v) is 1.98. The molecule has 14 heavy (non-hydrogen) atoms. The van der Waals surface area contributed by atoms with Crippen molar-refractivity contribution in [1.29, 1.82) is 0 Å². The third kappa shape index (κ3) is 1.50. The number of aromatic nitrogens is 2. The summed E-state index contributed by atoms with van der Waals surface area (Å²) in [5, 5.41) is 0. The summed E-state index contributed by atoms with van der Waals surface area (Å²) in [4.78, 5) is 4.42. The summed E-state index contributed by atoms with van der Waals surface area (Å²) in [5.74, 6) is 1.15. The lowest BCUT2D eigenvalue weighted by molar-refractivity contribution is 0.0844. The molecule has 0 aromatic carbocycles. The summed E-state index contributed by atoms with van der Waals surface area (Å²) >= 11 is 0. The Kier molecular flexibility index (Phi) is 2.46. The lowest BCUT2D eigenvalue weighted by atomic mass is 9.95. The first kappa shape index (κ1) is 9.52. The topological polar surface area (TPSA) is 53.1 Å². The SMILES string of the molecule is Cc1c(C2CCOCC2)nc(N)n1C. The minimum atomic E-state index is 0.534. The average Bonchev–Trinajstić information content (AvgIpc) is 2.47. The van der Waals surface area contributed by atoms with Crippen molar-refractivity contribution in [3.05, 3.63) is 11.4 Å². The molecule has 2 heterocycles. The summed E-state index contributed by atoms with van der Waals surface area (Å²) in [7, 11) is 1.96. The van der Waals surface area contributed by atoms with Crippen molar-refractivity contribution in [2.75, 3.05) is 18.9 Å². The van der Waals surface area contributed by atoms with Crippen LogP contribution in [0.2, 0.25) is 0 Å². The van der Waals surface area contributed by atoms with Gasteiger partial charge < -0.3 is 15.0 Å². The van der Waals surface area contributed by atoms with Crippen molar-refractivity contribution in [2.45, 2.75) is 25.7 Å². The molecule has 1 aliphatic rings. The zero-order chi connectivity index (χ0) is 10.1. The molecule has 1 aromatic rings. The Morgan fingerprint density at radius 2 is 2.07 bits per heavy atom. The van der Waals surface area contributed by atoms with E-state index in [1.807, 2.05) is 11.6 Å². The highest BCUT2D eigenvalue weighted by Gasteiger charge is 2.21. The molecule has 0 unspecified atom stereocenters. The maximum Gasteiger partial charge on any atom is 0.200 e. The van der Waals surface area contributed by atoms with E-state index in [0.29, 0.717) is 11.9 Å². The normalized spacial score (nSPS) is 18.7. The maximum absolute atomic E-state index is 5.77. The summed E-state index contributed by atoms with van der Waals surface area (Å²) in [6, 6.07) is 0. The highest BCUT2D eigenvalue weighted by atomic mass is 16.5. The van der Waals surface area contributed by atoms with Gasteiger partial charge in [-0.25, -0.2) is 4.98 Å². The van der Waals surface area contributed by atoms with Crippen LogP contribution in [-0.4, -0.2) is 22.8 Å². The highest BCUT2D eigenvalue weighted by Crippen LogP contribution is 2.29. The van der Waals surface area contributed by atoms with Gasteiger partial charge in [-0.15, -0.1) is 0 Å². The molecular formula is C10H17N3O. The zero-order valence-electron chi connectivity index (χ0n) is 8.79. The first-order chi connectivity index (χ1) is 6.70. The van der Waals surface area contributed by atoms with Crippen molar-refractivity contribution >= 4 is 5.95 Å². The lowest BCUT2D eigenvalue weighted by Crippen LogP contribution is -2.15. The van der Waals surface area contributed by atoms with E-state index < -0.39 is 0 Å². The first-order valence-electron chi connectivity index (χ1n) is 5.06. The molecule has 78 valence electrons. The van der Waals surface area contributed by atoms with E-state index in [1.165, 1.54) is 5.69 Å². The van der Waals surface area contributed by atoms with Crippen LogP contribution < -0.4 is 5.73 Å². The van der Waals surface area contributed by atoms with E-state index in [1.54, 1.807) is 0 Å². The Morgan fingerprint density at radius 3 is 2.57 bits per heavy atom. The Hall–Kier alpha value is -1.03. The molecule has 0 spiro atoms. The third-order valence-electron chi connectivity index (χ3n) is 3.06. The number of nitrogen functional groups attached to an aromatic ring is 1. The van der Waals surface area contributed by atoms with Crippen LogP contribution in [0.4, 0.5) is 5.95 Å². The molecule has 2 rings (SSSR count). The molecule has 4 nitrogen and oxygen atoms in total. The molecule has 2 N–H and O–H groups in total. The molecule has 1 saturated heterocycles.